The topological polar surface area (TPSA) is 52.6 Å². The fraction of sp³-hybridized carbons (Fsp3) is 0.615. The Morgan fingerprint density at radius 1 is 1.72 bits per heavy atom. The minimum atomic E-state index is -0.389. The standard InChI is InChI=1S/C13H20N2O2S/c1-9(6-11-4-3-5-18-11)15(2)13(17)12-7-10(16)8-14-12/h3-5,9-10,12,14,16H,6-8H2,1-2H3. The zero-order chi connectivity index (χ0) is 13.1. The van der Waals surface area contributed by atoms with Crippen LogP contribution in [0.5, 0.6) is 0 Å². The van der Waals surface area contributed by atoms with E-state index in [4.69, 9.17) is 0 Å². The predicted molar refractivity (Wildman–Crippen MR) is 72.7 cm³/mol. The van der Waals surface area contributed by atoms with Gasteiger partial charge in [0.05, 0.1) is 12.1 Å². The number of carbonyl (C=O) groups excluding carboxylic acids is 1. The second-order valence-electron chi connectivity index (χ2n) is 4.93. The minimum Gasteiger partial charge on any atom is -0.392 e. The van der Waals surface area contributed by atoms with Crippen LogP contribution in [0.2, 0.25) is 0 Å². The molecule has 1 aromatic heterocycles. The monoisotopic (exact) mass is 268 g/mol. The molecule has 5 heteroatoms. The molecule has 0 aliphatic carbocycles. The van der Waals surface area contributed by atoms with Crippen molar-refractivity contribution >= 4 is 17.2 Å². The summed E-state index contributed by atoms with van der Waals surface area (Å²) in [5, 5.41) is 14.6. The molecular formula is C13H20N2O2S. The molecule has 0 saturated carbocycles. The van der Waals surface area contributed by atoms with E-state index in [1.54, 1.807) is 16.2 Å². The van der Waals surface area contributed by atoms with Gasteiger partial charge in [-0.3, -0.25) is 4.79 Å². The van der Waals surface area contributed by atoms with Gasteiger partial charge in [-0.05, 0) is 24.8 Å². The Labute approximate surface area is 112 Å². The summed E-state index contributed by atoms with van der Waals surface area (Å²) in [4.78, 5) is 15.3. The van der Waals surface area contributed by atoms with E-state index in [9.17, 15) is 9.90 Å². The lowest BCUT2D eigenvalue weighted by Crippen LogP contribution is -2.46. The van der Waals surface area contributed by atoms with Crippen LogP contribution in [0.1, 0.15) is 18.2 Å². The smallest absolute Gasteiger partial charge is 0.239 e. The molecule has 0 bridgehead atoms. The van der Waals surface area contributed by atoms with Crippen molar-refractivity contribution in [1.82, 2.24) is 10.2 Å². The molecule has 2 N–H and O–H groups in total. The Morgan fingerprint density at radius 3 is 3.06 bits per heavy atom. The highest BCUT2D eigenvalue weighted by molar-refractivity contribution is 7.09. The maximum atomic E-state index is 12.2. The van der Waals surface area contributed by atoms with E-state index in [1.165, 1.54) is 4.88 Å². The summed E-state index contributed by atoms with van der Waals surface area (Å²) in [6.45, 7) is 2.58. The summed E-state index contributed by atoms with van der Waals surface area (Å²) in [6.07, 6.45) is 1.02. The molecule has 1 aromatic rings. The van der Waals surface area contributed by atoms with Gasteiger partial charge in [-0.25, -0.2) is 0 Å². The molecule has 2 heterocycles. The Morgan fingerprint density at radius 2 is 2.50 bits per heavy atom. The fourth-order valence-electron chi connectivity index (χ4n) is 2.23. The molecule has 2 rings (SSSR count). The van der Waals surface area contributed by atoms with Gasteiger partial charge in [0.1, 0.15) is 0 Å². The first kappa shape index (κ1) is 13.5. The van der Waals surface area contributed by atoms with E-state index < -0.39 is 0 Å². The second-order valence-corrected chi connectivity index (χ2v) is 5.96. The number of rotatable bonds is 4. The first-order chi connectivity index (χ1) is 8.58. The molecule has 3 unspecified atom stereocenters. The van der Waals surface area contributed by atoms with Crippen molar-refractivity contribution in [1.29, 1.82) is 0 Å². The Hall–Kier alpha value is -0.910. The Balaban J connectivity index is 1.89. The third-order valence-corrected chi connectivity index (χ3v) is 4.39. The number of thiophene rings is 1. The molecule has 0 spiro atoms. The number of hydrogen-bond donors (Lipinski definition) is 2. The van der Waals surface area contributed by atoms with Gasteiger partial charge >= 0.3 is 0 Å². The van der Waals surface area contributed by atoms with Gasteiger partial charge in [-0.15, -0.1) is 11.3 Å². The first-order valence-corrected chi connectivity index (χ1v) is 7.16. The third kappa shape index (κ3) is 3.10. The van der Waals surface area contributed by atoms with Gasteiger partial charge in [-0.2, -0.15) is 0 Å². The van der Waals surface area contributed by atoms with Gasteiger partial charge in [0, 0.05) is 30.9 Å². The number of aliphatic hydroxyl groups excluding tert-OH is 1. The second kappa shape index (κ2) is 5.82. The van der Waals surface area contributed by atoms with Crippen molar-refractivity contribution in [3.63, 3.8) is 0 Å². The van der Waals surface area contributed by atoms with Crippen molar-refractivity contribution in [3.05, 3.63) is 22.4 Å². The highest BCUT2D eigenvalue weighted by Crippen LogP contribution is 2.16. The normalized spacial score (nSPS) is 25.1. The predicted octanol–water partition coefficient (Wildman–Crippen LogP) is 0.860. The number of aliphatic hydroxyl groups is 1. The number of β-amino-alcohol motifs (C(OH)–C–C–N with tert-alkyl or cyclic N) is 1. The summed E-state index contributed by atoms with van der Waals surface area (Å²) in [6, 6.07) is 4.08. The van der Waals surface area contributed by atoms with E-state index in [2.05, 4.69) is 23.7 Å². The molecular weight excluding hydrogens is 248 g/mol. The molecule has 1 aliphatic rings. The highest BCUT2D eigenvalue weighted by Gasteiger charge is 2.31. The van der Waals surface area contributed by atoms with Crippen LogP contribution < -0.4 is 5.32 Å². The molecule has 4 nitrogen and oxygen atoms in total. The van der Waals surface area contributed by atoms with Crippen LogP contribution in [0.4, 0.5) is 0 Å². The van der Waals surface area contributed by atoms with Gasteiger partial charge in [-0.1, -0.05) is 6.07 Å². The number of nitrogens with one attached hydrogen (secondary N) is 1. The van der Waals surface area contributed by atoms with E-state index in [0.717, 1.165) is 6.42 Å². The van der Waals surface area contributed by atoms with Crippen LogP contribution in [0.25, 0.3) is 0 Å². The van der Waals surface area contributed by atoms with Gasteiger partial charge in [0.25, 0.3) is 0 Å². The summed E-state index contributed by atoms with van der Waals surface area (Å²) in [5.41, 5.74) is 0. The molecule has 1 aliphatic heterocycles. The molecule has 18 heavy (non-hydrogen) atoms. The molecule has 3 atom stereocenters. The van der Waals surface area contributed by atoms with E-state index in [1.807, 2.05) is 13.1 Å². The lowest BCUT2D eigenvalue weighted by atomic mass is 10.1. The van der Waals surface area contributed by atoms with E-state index >= 15 is 0 Å². The quantitative estimate of drug-likeness (QED) is 0.851. The third-order valence-electron chi connectivity index (χ3n) is 3.49. The molecule has 1 amide bonds. The van der Waals surface area contributed by atoms with E-state index in [0.29, 0.717) is 13.0 Å². The fourth-order valence-corrected chi connectivity index (χ4v) is 3.05. The average Bonchev–Trinajstić information content (AvgIpc) is 2.98. The van der Waals surface area contributed by atoms with Crippen molar-refractivity contribution in [3.8, 4) is 0 Å². The lowest BCUT2D eigenvalue weighted by Gasteiger charge is -2.27. The van der Waals surface area contributed by atoms with Gasteiger partial charge in [0.15, 0.2) is 0 Å². The summed E-state index contributed by atoms with van der Waals surface area (Å²) in [7, 11) is 1.84. The van der Waals surface area contributed by atoms with Crippen LogP contribution in [-0.4, -0.2) is 47.7 Å². The number of likely N-dealkylation sites (N-methyl/N-ethyl adjacent to an activating group) is 1. The highest BCUT2D eigenvalue weighted by atomic mass is 32.1. The molecule has 1 fully saturated rings. The molecule has 1 saturated heterocycles. The summed E-state index contributed by atoms with van der Waals surface area (Å²) >= 11 is 1.72. The van der Waals surface area contributed by atoms with Crippen LogP contribution in [-0.2, 0) is 11.2 Å². The minimum absolute atomic E-state index is 0.0793. The number of hydrogen-bond acceptors (Lipinski definition) is 4. The lowest BCUT2D eigenvalue weighted by molar-refractivity contribution is -0.133. The number of carbonyl (C=O) groups is 1. The van der Waals surface area contributed by atoms with Gasteiger partial charge < -0.3 is 15.3 Å². The van der Waals surface area contributed by atoms with Crippen LogP contribution in [0.15, 0.2) is 17.5 Å². The molecule has 0 radical (unpaired) electrons. The summed E-state index contributed by atoms with van der Waals surface area (Å²) in [5.74, 6) is 0.0793. The van der Waals surface area contributed by atoms with Crippen LogP contribution >= 0.6 is 11.3 Å². The summed E-state index contributed by atoms with van der Waals surface area (Å²) < 4.78 is 0. The van der Waals surface area contributed by atoms with Crippen LogP contribution in [0, 0.1) is 0 Å². The maximum Gasteiger partial charge on any atom is 0.239 e. The van der Waals surface area contributed by atoms with Crippen LogP contribution in [0.3, 0.4) is 0 Å². The number of amides is 1. The van der Waals surface area contributed by atoms with Crippen molar-refractivity contribution < 1.29 is 9.90 Å². The Kier molecular flexibility index (Phi) is 4.37. The average molecular weight is 268 g/mol. The largest absolute Gasteiger partial charge is 0.392 e. The van der Waals surface area contributed by atoms with Crippen molar-refractivity contribution in [2.24, 2.45) is 0 Å². The maximum absolute atomic E-state index is 12.2. The van der Waals surface area contributed by atoms with E-state index in [-0.39, 0.29) is 24.1 Å². The zero-order valence-corrected chi connectivity index (χ0v) is 11.6. The zero-order valence-electron chi connectivity index (χ0n) is 10.8. The van der Waals surface area contributed by atoms with Crippen molar-refractivity contribution in [2.75, 3.05) is 13.6 Å². The molecule has 0 aromatic carbocycles. The Bertz CT molecular complexity index is 394. The first-order valence-electron chi connectivity index (χ1n) is 6.28. The number of nitrogens with zero attached hydrogens (tertiary/aromatic N) is 1. The SMILES string of the molecule is CC(Cc1cccs1)N(C)C(=O)C1CC(O)CN1. The molecule has 100 valence electrons. The van der Waals surface area contributed by atoms with Gasteiger partial charge in [0.2, 0.25) is 5.91 Å². The van der Waals surface area contributed by atoms with Crippen molar-refractivity contribution in [2.45, 2.75) is 38.0 Å².